The number of benzene rings is 2. The van der Waals surface area contributed by atoms with Gasteiger partial charge in [-0.25, -0.2) is 0 Å². The number of likely N-dealkylation sites (N-methyl/N-ethyl adjacent to an activating group) is 1. The highest BCUT2D eigenvalue weighted by atomic mass is 35.5. The molecule has 1 heterocycles. The molecule has 0 aromatic heterocycles. The molecule has 4 heteroatoms. The number of hydrogen-bond donors (Lipinski definition) is 1. The Balaban J connectivity index is 1.87. The van der Waals surface area contributed by atoms with E-state index >= 15 is 0 Å². The smallest absolute Gasteiger partial charge is 0.122 e. The molecule has 0 amide bonds. The molecule has 0 fully saturated rings. The summed E-state index contributed by atoms with van der Waals surface area (Å²) in [5.74, 6) is 1.01. The Kier molecular flexibility index (Phi) is 4.39. The van der Waals surface area contributed by atoms with E-state index < -0.39 is 0 Å². The second-order valence-electron chi connectivity index (χ2n) is 5.22. The van der Waals surface area contributed by atoms with Crippen LogP contribution in [0.1, 0.15) is 22.7 Å². The fraction of sp³-hybridized carbons (Fsp3) is 0.294. The first-order valence-corrected chi connectivity index (χ1v) is 7.80. The zero-order valence-corrected chi connectivity index (χ0v) is 13.3. The molecular formula is C17H17Cl2NO. The lowest BCUT2D eigenvalue weighted by Gasteiger charge is -2.18. The molecule has 1 atom stereocenters. The number of nitrogens with one attached hydrogen (secondary N) is 1. The number of ether oxygens (including phenoxy) is 1. The maximum absolute atomic E-state index is 6.30. The Morgan fingerprint density at radius 3 is 2.90 bits per heavy atom. The second-order valence-corrected chi connectivity index (χ2v) is 6.01. The predicted octanol–water partition coefficient (Wildman–Crippen LogP) is 4.43. The zero-order valence-electron chi connectivity index (χ0n) is 11.8. The van der Waals surface area contributed by atoms with Crippen molar-refractivity contribution in [2.24, 2.45) is 0 Å². The van der Waals surface area contributed by atoms with Gasteiger partial charge in [-0.2, -0.15) is 0 Å². The monoisotopic (exact) mass is 321 g/mol. The standard InChI is InChI=1S/C17H17Cl2NO/c1-20-15(10-13-3-2-4-14(18)17(13)19)11-5-6-16-12(9-11)7-8-21-16/h2-6,9,15,20H,7-8,10H2,1H3. The van der Waals surface area contributed by atoms with Crippen molar-refractivity contribution in [2.75, 3.05) is 13.7 Å². The van der Waals surface area contributed by atoms with E-state index in [-0.39, 0.29) is 6.04 Å². The summed E-state index contributed by atoms with van der Waals surface area (Å²) in [5.41, 5.74) is 3.59. The third kappa shape index (κ3) is 3.03. The van der Waals surface area contributed by atoms with Crippen LogP contribution in [0, 0.1) is 0 Å². The molecule has 0 saturated carbocycles. The van der Waals surface area contributed by atoms with Crippen LogP contribution in [0.2, 0.25) is 10.0 Å². The van der Waals surface area contributed by atoms with Crippen molar-refractivity contribution in [1.29, 1.82) is 0 Å². The van der Waals surface area contributed by atoms with E-state index in [2.05, 4.69) is 23.5 Å². The summed E-state index contributed by atoms with van der Waals surface area (Å²) in [5, 5.41) is 4.61. The first-order valence-electron chi connectivity index (χ1n) is 7.05. The maximum atomic E-state index is 6.30. The van der Waals surface area contributed by atoms with E-state index in [0.717, 1.165) is 30.8 Å². The molecule has 2 nitrogen and oxygen atoms in total. The molecule has 0 spiro atoms. The summed E-state index contributed by atoms with van der Waals surface area (Å²) in [6.45, 7) is 0.781. The van der Waals surface area contributed by atoms with E-state index in [1.807, 2.05) is 25.2 Å². The van der Waals surface area contributed by atoms with Crippen LogP contribution in [0.3, 0.4) is 0 Å². The zero-order chi connectivity index (χ0) is 14.8. The number of hydrogen-bond acceptors (Lipinski definition) is 2. The molecule has 0 saturated heterocycles. The third-order valence-corrected chi connectivity index (χ3v) is 4.78. The van der Waals surface area contributed by atoms with Crippen molar-refractivity contribution in [2.45, 2.75) is 18.9 Å². The first kappa shape index (κ1) is 14.7. The molecule has 1 unspecified atom stereocenters. The average molecular weight is 322 g/mol. The van der Waals surface area contributed by atoms with E-state index in [9.17, 15) is 0 Å². The van der Waals surface area contributed by atoms with Gasteiger partial charge in [0.2, 0.25) is 0 Å². The summed E-state index contributed by atoms with van der Waals surface area (Å²) in [6.07, 6.45) is 1.78. The Morgan fingerprint density at radius 2 is 2.10 bits per heavy atom. The highest BCUT2D eigenvalue weighted by molar-refractivity contribution is 6.42. The van der Waals surface area contributed by atoms with Gasteiger partial charge < -0.3 is 10.1 Å². The van der Waals surface area contributed by atoms with Gasteiger partial charge in [0.15, 0.2) is 0 Å². The van der Waals surface area contributed by atoms with E-state index in [0.29, 0.717) is 10.0 Å². The molecule has 2 aromatic carbocycles. The minimum atomic E-state index is 0.201. The summed E-state index contributed by atoms with van der Waals surface area (Å²) < 4.78 is 5.56. The van der Waals surface area contributed by atoms with Crippen molar-refractivity contribution >= 4 is 23.2 Å². The fourth-order valence-corrected chi connectivity index (χ4v) is 3.13. The van der Waals surface area contributed by atoms with Gasteiger partial charge in [-0.1, -0.05) is 47.5 Å². The van der Waals surface area contributed by atoms with Gasteiger partial charge in [0, 0.05) is 12.5 Å². The lowest BCUT2D eigenvalue weighted by Crippen LogP contribution is -2.19. The molecule has 21 heavy (non-hydrogen) atoms. The fourth-order valence-electron chi connectivity index (χ4n) is 2.74. The second kappa shape index (κ2) is 6.27. The molecule has 1 aliphatic heterocycles. The van der Waals surface area contributed by atoms with Gasteiger partial charge in [0.1, 0.15) is 5.75 Å². The lowest BCUT2D eigenvalue weighted by atomic mass is 9.97. The molecule has 1 N–H and O–H groups in total. The quantitative estimate of drug-likeness (QED) is 0.899. The Bertz CT molecular complexity index is 657. The highest BCUT2D eigenvalue weighted by Gasteiger charge is 2.17. The molecule has 0 aliphatic carbocycles. The molecule has 0 bridgehead atoms. The van der Waals surface area contributed by atoms with Crippen LogP contribution in [0.4, 0.5) is 0 Å². The van der Waals surface area contributed by atoms with Crippen molar-refractivity contribution in [3.63, 3.8) is 0 Å². The van der Waals surface area contributed by atoms with Crippen LogP contribution in [-0.2, 0) is 12.8 Å². The Hall–Kier alpha value is -1.22. The van der Waals surface area contributed by atoms with E-state index in [1.165, 1.54) is 11.1 Å². The van der Waals surface area contributed by atoms with Gasteiger partial charge in [-0.05, 0) is 42.3 Å². The normalized spacial score (nSPS) is 14.6. The summed E-state index contributed by atoms with van der Waals surface area (Å²) >= 11 is 12.4. The first-order chi connectivity index (χ1) is 10.2. The molecular weight excluding hydrogens is 305 g/mol. The van der Waals surface area contributed by atoms with Crippen LogP contribution in [0.15, 0.2) is 36.4 Å². The predicted molar refractivity (Wildman–Crippen MR) is 87.6 cm³/mol. The molecule has 0 radical (unpaired) electrons. The number of rotatable bonds is 4. The van der Waals surface area contributed by atoms with Crippen molar-refractivity contribution in [1.82, 2.24) is 5.32 Å². The molecule has 3 rings (SSSR count). The van der Waals surface area contributed by atoms with Gasteiger partial charge in [0.05, 0.1) is 16.7 Å². The molecule has 2 aromatic rings. The maximum Gasteiger partial charge on any atom is 0.122 e. The minimum absolute atomic E-state index is 0.201. The summed E-state index contributed by atoms with van der Waals surface area (Å²) in [7, 11) is 1.97. The lowest BCUT2D eigenvalue weighted by molar-refractivity contribution is 0.356. The SMILES string of the molecule is CNC(Cc1cccc(Cl)c1Cl)c1ccc2c(c1)CCO2. The number of halogens is 2. The topological polar surface area (TPSA) is 21.3 Å². The Morgan fingerprint density at radius 1 is 1.24 bits per heavy atom. The van der Waals surface area contributed by atoms with E-state index in [1.54, 1.807) is 0 Å². The van der Waals surface area contributed by atoms with Crippen LogP contribution in [-0.4, -0.2) is 13.7 Å². The van der Waals surface area contributed by atoms with Crippen molar-refractivity contribution < 1.29 is 4.74 Å². The number of fused-ring (bicyclic) bond motifs is 1. The van der Waals surface area contributed by atoms with Crippen molar-refractivity contribution in [3.05, 3.63) is 63.1 Å². The minimum Gasteiger partial charge on any atom is -0.493 e. The van der Waals surface area contributed by atoms with Gasteiger partial charge in [0.25, 0.3) is 0 Å². The Labute approximate surface area is 135 Å². The molecule has 110 valence electrons. The van der Waals surface area contributed by atoms with Crippen LogP contribution >= 0.6 is 23.2 Å². The highest BCUT2D eigenvalue weighted by Crippen LogP contribution is 2.32. The van der Waals surface area contributed by atoms with Gasteiger partial charge in [-0.15, -0.1) is 0 Å². The average Bonchev–Trinajstić information content (AvgIpc) is 2.96. The van der Waals surface area contributed by atoms with Gasteiger partial charge in [-0.3, -0.25) is 0 Å². The van der Waals surface area contributed by atoms with E-state index in [4.69, 9.17) is 27.9 Å². The molecule has 1 aliphatic rings. The van der Waals surface area contributed by atoms with Gasteiger partial charge >= 0.3 is 0 Å². The van der Waals surface area contributed by atoms with Crippen LogP contribution in [0.25, 0.3) is 0 Å². The van der Waals surface area contributed by atoms with Crippen LogP contribution < -0.4 is 10.1 Å². The van der Waals surface area contributed by atoms with Crippen LogP contribution in [0.5, 0.6) is 5.75 Å². The largest absolute Gasteiger partial charge is 0.493 e. The summed E-state index contributed by atoms with van der Waals surface area (Å²) in [4.78, 5) is 0. The van der Waals surface area contributed by atoms with Crippen molar-refractivity contribution in [3.8, 4) is 5.75 Å². The third-order valence-electron chi connectivity index (χ3n) is 3.92. The summed E-state index contributed by atoms with van der Waals surface area (Å²) in [6, 6.07) is 12.4.